The van der Waals surface area contributed by atoms with Crippen molar-refractivity contribution < 1.29 is 9.59 Å². The van der Waals surface area contributed by atoms with Gasteiger partial charge in [0, 0.05) is 31.2 Å². The molecule has 1 fully saturated rings. The van der Waals surface area contributed by atoms with Crippen LogP contribution in [-0.4, -0.2) is 36.0 Å². The lowest BCUT2D eigenvalue weighted by atomic mass is 10.0. The Bertz CT molecular complexity index is 858. The number of piperidine rings is 1. The first kappa shape index (κ1) is 22.8. The first-order valence-corrected chi connectivity index (χ1v) is 11.2. The highest BCUT2D eigenvalue weighted by Gasteiger charge is 2.13. The zero-order valence-electron chi connectivity index (χ0n) is 18.6. The van der Waals surface area contributed by atoms with E-state index < -0.39 is 0 Å². The standard InChI is InChI=1S/C25H34N4O2/c1-19(2)28-25(31)27-16-20-10-12-21(13-11-20)24(30)26-17-22-8-4-5-9-23(22)18-29-14-6-3-7-15-29/h4-5,8-13,19H,3,6-7,14-18H2,1-2H3,(H,26,30)(H2,27,28,31). The van der Waals surface area contributed by atoms with E-state index in [9.17, 15) is 9.59 Å². The maximum Gasteiger partial charge on any atom is 0.315 e. The zero-order chi connectivity index (χ0) is 22.1. The van der Waals surface area contributed by atoms with E-state index >= 15 is 0 Å². The zero-order valence-corrected chi connectivity index (χ0v) is 18.6. The molecule has 0 aliphatic carbocycles. The van der Waals surface area contributed by atoms with Gasteiger partial charge in [0.1, 0.15) is 0 Å². The molecule has 3 rings (SSSR count). The Morgan fingerprint density at radius 2 is 1.55 bits per heavy atom. The summed E-state index contributed by atoms with van der Waals surface area (Å²) in [6.07, 6.45) is 3.87. The quantitative estimate of drug-likeness (QED) is 0.606. The van der Waals surface area contributed by atoms with Crippen LogP contribution in [0.5, 0.6) is 0 Å². The molecule has 166 valence electrons. The summed E-state index contributed by atoms with van der Waals surface area (Å²) >= 11 is 0. The molecule has 3 N–H and O–H groups in total. The number of carbonyl (C=O) groups excluding carboxylic acids is 2. The van der Waals surface area contributed by atoms with Gasteiger partial charge in [-0.1, -0.05) is 42.8 Å². The highest BCUT2D eigenvalue weighted by atomic mass is 16.2. The van der Waals surface area contributed by atoms with Crippen LogP contribution in [0.15, 0.2) is 48.5 Å². The Labute approximate surface area is 185 Å². The summed E-state index contributed by atoms with van der Waals surface area (Å²) in [5, 5.41) is 8.65. The van der Waals surface area contributed by atoms with Gasteiger partial charge in [0.25, 0.3) is 5.91 Å². The van der Waals surface area contributed by atoms with E-state index in [1.807, 2.05) is 32.0 Å². The van der Waals surface area contributed by atoms with Crippen molar-refractivity contribution in [3.63, 3.8) is 0 Å². The van der Waals surface area contributed by atoms with Gasteiger partial charge in [0.2, 0.25) is 0 Å². The lowest BCUT2D eigenvalue weighted by Gasteiger charge is -2.27. The third kappa shape index (κ3) is 7.40. The summed E-state index contributed by atoms with van der Waals surface area (Å²) in [4.78, 5) is 26.8. The third-order valence-corrected chi connectivity index (χ3v) is 5.49. The van der Waals surface area contributed by atoms with Crippen LogP contribution in [0.2, 0.25) is 0 Å². The molecule has 6 nitrogen and oxygen atoms in total. The number of likely N-dealkylation sites (tertiary alicyclic amines) is 1. The fourth-order valence-corrected chi connectivity index (χ4v) is 3.79. The van der Waals surface area contributed by atoms with E-state index in [2.05, 4.69) is 39.0 Å². The molecule has 6 heteroatoms. The fraction of sp³-hybridized carbons (Fsp3) is 0.440. The van der Waals surface area contributed by atoms with Crippen LogP contribution in [0.4, 0.5) is 4.79 Å². The van der Waals surface area contributed by atoms with Crippen LogP contribution in [0.25, 0.3) is 0 Å². The Kier molecular flexibility index (Phi) is 8.47. The smallest absolute Gasteiger partial charge is 0.315 e. The number of hydrogen-bond donors (Lipinski definition) is 3. The van der Waals surface area contributed by atoms with Crippen LogP contribution in [0.1, 0.15) is 60.2 Å². The van der Waals surface area contributed by atoms with Gasteiger partial charge < -0.3 is 16.0 Å². The van der Waals surface area contributed by atoms with Crippen LogP contribution < -0.4 is 16.0 Å². The summed E-state index contributed by atoms with van der Waals surface area (Å²) in [5.74, 6) is -0.0927. The van der Waals surface area contributed by atoms with E-state index in [1.54, 1.807) is 12.1 Å². The number of urea groups is 1. The second-order valence-electron chi connectivity index (χ2n) is 8.47. The second-order valence-corrected chi connectivity index (χ2v) is 8.47. The molecule has 1 aliphatic rings. The van der Waals surface area contributed by atoms with Crippen molar-refractivity contribution in [2.45, 2.75) is 58.8 Å². The largest absolute Gasteiger partial charge is 0.348 e. The average molecular weight is 423 g/mol. The number of nitrogens with one attached hydrogen (secondary N) is 3. The predicted molar refractivity (Wildman–Crippen MR) is 124 cm³/mol. The normalized spacial score (nSPS) is 14.3. The number of amides is 3. The Morgan fingerprint density at radius 3 is 2.23 bits per heavy atom. The van der Waals surface area contributed by atoms with E-state index in [4.69, 9.17) is 0 Å². The highest BCUT2D eigenvalue weighted by Crippen LogP contribution is 2.16. The van der Waals surface area contributed by atoms with Gasteiger partial charge in [-0.3, -0.25) is 9.69 Å². The molecule has 0 saturated carbocycles. The summed E-state index contributed by atoms with van der Waals surface area (Å²) in [6.45, 7) is 8.02. The van der Waals surface area contributed by atoms with Crippen molar-refractivity contribution in [1.29, 1.82) is 0 Å². The minimum absolute atomic E-state index is 0.0927. The summed E-state index contributed by atoms with van der Waals surface area (Å²) in [5.41, 5.74) is 4.01. The Morgan fingerprint density at radius 1 is 0.871 bits per heavy atom. The molecule has 1 heterocycles. The van der Waals surface area contributed by atoms with Gasteiger partial charge in [-0.2, -0.15) is 0 Å². The monoisotopic (exact) mass is 422 g/mol. The SMILES string of the molecule is CC(C)NC(=O)NCc1ccc(C(=O)NCc2ccccc2CN2CCCCC2)cc1. The number of nitrogens with zero attached hydrogens (tertiary/aromatic N) is 1. The van der Waals surface area contributed by atoms with Crippen LogP contribution in [0, 0.1) is 0 Å². The lowest BCUT2D eigenvalue weighted by Crippen LogP contribution is -2.39. The van der Waals surface area contributed by atoms with Crippen LogP contribution in [0.3, 0.4) is 0 Å². The third-order valence-electron chi connectivity index (χ3n) is 5.49. The molecule has 0 atom stereocenters. The number of carbonyl (C=O) groups is 2. The summed E-state index contributed by atoms with van der Waals surface area (Å²) in [6, 6.07) is 15.6. The molecule has 0 aromatic heterocycles. The first-order valence-electron chi connectivity index (χ1n) is 11.2. The number of benzene rings is 2. The van der Waals surface area contributed by atoms with E-state index in [1.165, 1.54) is 30.4 Å². The molecule has 31 heavy (non-hydrogen) atoms. The van der Waals surface area contributed by atoms with Gasteiger partial charge in [-0.25, -0.2) is 4.79 Å². The van der Waals surface area contributed by atoms with Gasteiger partial charge in [0.05, 0.1) is 0 Å². The highest BCUT2D eigenvalue weighted by molar-refractivity contribution is 5.94. The molecule has 0 radical (unpaired) electrons. The van der Waals surface area contributed by atoms with Crippen LogP contribution in [-0.2, 0) is 19.6 Å². The minimum Gasteiger partial charge on any atom is -0.348 e. The topological polar surface area (TPSA) is 73.5 Å². The first-order chi connectivity index (χ1) is 15.0. The molecule has 0 spiro atoms. The Hall–Kier alpha value is -2.86. The maximum atomic E-state index is 12.6. The molecule has 1 aliphatic heterocycles. The second kappa shape index (κ2) is 11.5. The molecule has 0 bridgehead atoms. The molecular formula is C25H34N4O2. The van der Waals surface area contributed by atoms with Crippen molar-refractivity contribution in [2.75, 3.05) is 13.1 Å². The van der Waals surface area contributed by atoms with Gasteiger partial charge in [-0.15, -0.1) is 0 Å². The summed E-state index contributed by atoms with van der Waals surface area (Å²) < 4.78 is 0. The average Bonchev–Trinajstić information content (AvgIpc) is 2.77. The van der Waals surface area contributed by atoms with Gasteiger partial charge in [0.15, 0.2) is 0 Å². The lowest BCUT2D eigenvalue weighted by molar-refractivity contribution is 0.0950. The van der Waals surface area contributed by atoms with E-state index in [0.717, 1.165) is 25.2 Å². The van der Waals surface area contributed by atoms with Crippen molar-refractivity contribution in [1.82, 2.24) is 20.9 Å². The number of rotatable bonds is 8. The predicted octanol–water partition coefficient (Wildman–Crippen LogP) is 3.81. The minimum atomic E-state index is -0.194. The molecule has 2 aromatic rings. The molecule has 0 unspecified atom stereocenters. The molecule has 1 saturated heterocycles. The number of hydrogen-bond acceptors (Lipinski definition) is 3. The van der Waals surface area contributed by atoms with Crippen molar-refractivity contribution in [3.8, 4) is 0 Å². The van der Waals surface area contributed by atoms with E-state index in [0.29, 0.717) is 18.7 Å². The van der Waals surface area contributed by atoms with E-state index in [-0.39, 0.29) is 18.0 Å². The van der Waals surface area contributed by atoms with Gasteiger partial charge >= 0.3 is 6.03 Å². The maximum absolute atomic E-state index is 12.6. The van der Waals surface area contributed by atoms with Crippen molar-refractivity contribution >= 4 is 11.9 Å². The van der Waals surface area contributed by atoms with Crippen LogP contribution >= 0.6 is 0 Å². The van der Waals surface area contributed by atoms with Crippen molar-refractivity contribution in [2.24, 2.45) is 0 Å². The Balaban J connectivity index is 1.51. The summed E-state index contributed by atoms with van der Waals surface area (Å²) in [7, 11) is 0. The molecule has 3 amide bonds. The molecular weight excluding hydrogens is 388 g/mol. The van der Waals surface area contributed by atoms with Crippen molar-refractivity contribution in [3.05, 3.63) is 70.8 Å². The fourth-order valence-electron chi connectivity index (χ4n) is 3.79. The molecule has 2 aromatic carbocycles. The van der Waals surface area contributed by atoms with Gasteiger partial charge in [-0.05, 0) is 68.6 Å².